The van der Waals surface area contributed by atoms with Crippen LogP contribution < -0.4 is 10.2 Å². The van der Waals surface area contributed by atoms with Gasteiger partial charge in [-0.25, -0.2) is 18.6 Å². The third-order valence-corrected chi connectivity index (χ3v) is 6.45. The third kappa shape index (κ3) is 6.96. The molecule has 0 saturated heterocycles. The monoisotopic (exact) mass is 388 g/mol. The first-order chi connectivity index (χ1) is 10.4. The second-order valence-electron chi connectivity index (χ2n) is 4.21. The number of halogens is 2. The van der Waals surface area contributed by atoms with Crippen LogP contribution in [0.3, 0.4) is 0 Å². The van der Waals surface area contributed by atoms with Gasteiger partial charge < -0.3 is 4.52 Å². The molecule has 2 N–H and O–H groups in total. The van der Waals surface area contributed by atoms with Crippen molar-refractivity contribution in [2.24, 2.45) is 0 Å². The summed E-state index contributed by atoms with van der Waals surface area (Å²) in [7, 11) is -6.84. The Morgan fingerprint density at radius 1 is 1.05 bits per heavy atom. The Labute approximate surface area is 141 Å². The van der Waals surface area contributed by atoms with Gasteiger partial charge in [0, 0.05) is 24.8 Å². The molecular weight excluding hydrogens is 370 g/mol. The zero-order chi connectivity index (χ0) is 16.5. The van der Waals surface area contributed by atoms with Crippen molar-refractivity contribution in [1.82, 2.24) is 10.2 Å². The number of nitrogens with one attached hydrogen (secondary N) is 2. The average molecular weight is 389 g/mol. The van der Waals surface area contributed by atoms with Crippen LogP contribution in [0.5, 0.6) is 0 Å². The highest BCUT2D eigenvalue weighted by Gasteiger charge is 2.23. The maximum atomic E-state index is 12.4. The fourth-order valence-electron chi connectivity index (χ4n) is 1.55. The lowest BCUT2D eigenvalue weighted by molar-refractivity contribution is 0.318. The van der Waals surface area contributed by atoms with Gasteiger partial charge >= 0.3 is 7.67 Å². The lowest BCUT2D eigenvalue weighted by Gasteiger charge is -2.19. The minimum Gasteiger partial charge on any atom is -0.305 e. The van der Waals surface area contributed by atoms with E-state index >= 15 is 0 Å². The Morgan fingerprint density at radius 2 is 1.59 bits per heavy atom. The van der Waals surface area contributed by atoms with Gasteiger partial charge in [-0.3, -0.25) is 4.57 Å². The minimum atomic E-state index is -3.48. The smallest absolute Gasteiger partial charge is 0.305 e. The van der Waals surface area contributed by atoms with Gasteiger partial charge in [-0.2, -0.15) is 0 Å². The van der Waals surface area contributed by atoms with Crippen molar-refractivity contribution in [3.05, 3.63) is 30.3 Å². The lowest BCUT2D eigenvalue weighted by Crippen LogP contribution is -2.28. The van der Waals surface area contributed by atoms with Gasteiger partial charge in [0.1, 0.15) is 0 Å². The normalized spacial score (nSPS) is 12.5. The topological polar surface area (TPSA) is 84.5 Å². The molecule has 0 amide bonds. The predicted molar refractivity (Wildman–Crippen MR) is 89.5 cm³/mol. The Kier molecular flexibility index (Phi) is 8.94. The zero-order valence-electron chi connectivity index (χ0n) is 11.9. The molecule has 22 heavy (non-hydrogen) atoms. The van der Waals surface area contributed by atoms with E-state index in [1.807, 2.05) is 0 Å². The molecule has 0 aliphatic heterocycles. The van der Waals surface area contributed by atoms with E-state index in [0.29, 0.717) is 0 Å². The number of hydrogen-bond donors (Lipinski definition) is 2. The van der Waals surface area contributed by atoms with Gasteiger partial charge in [0.15, 0.2) is 9.84 Å². The van der Waals surface area contributed by atoms with E-state index in [4.69, 9.17) is 27.7 Å². The van der Waals surface area contributed by atoms with E-state index in [0.717, 1.165) is 0 Å². The van der Waals surface area contributed by atoms with Crippen molar-refractivity contribution in [3.63, 3.8) is 0 Å². The molecule has 0 saturated carbocycles. The Bertz CT molecular complexity index is 574. The van der Waals surface area contributed by atoms with Crippen LogP contribution in [0.4, 0.5) is 0 Å². The molecule has 0 bridgehead atoms. The second-order valence-corrected chi connectivity index (χ2v) is 9.07. The van der Waals surface area contributed by atoms with E-state index in [2.05, 4.69) is 10.2 Å². The summed E-state index contributed by atoms with van der Waals surface area (Å²) >= 11 is 11.1. The van der Waals surface area contributed by atoms with Crippen LogP contribution in [0.15, 0.2) is 35.2 Å². The highest BCUT2D eigenvalue weighted by Crippen LogP contribution is 2.36. The molecule has 0 unspecified atom stereocenters. The molecule has 1 aromatic carbocycles. The summed E-state index contributed by atoms with van der Waals surface area (Å²) < 4.78 is 41.8. The molecule has 0 spiro atoms. The number of benzene rings is 1. The van der Waals surface area contributed by atoms with Gasteiger partial charge in [-0.05, 0) is 12.1 Å². The predicted octanol–water partition coefficient (Wildman–Crippen LogP) is 2.24. The molecule has 0 aliphatic rings. The summed E-state index contributed by atoms with van der Waals surface area (Å²) in [6, 6.07) is 8.03. The first kappa shape index (κ1) is 19.9. The summed E-state index contributed by atoms with van der Waals surface area (Å²) in [6.07, 6.45) is 0. The van der Waals surface area contributed by atoms with Crippen molar-refractivity contribution < 1.29 is 17.5 Å². The van der Waals surface area contributed by atoms with Crippen LogP contribution in [0.1, 0.15) is 0 Å². The summed E-state index contributed by atoms with van der Waals surface area (Å²) in [5, 5.41) is 5.29. The Hall–Kier alpha value is -0.140. The first-order valence-corrected chi connectivity index (χ1v) is 10.9. The fraction of sp³-hybridized carbons (Fsp3) is 0.500. The van der Waals surface area contributed by atoms with Crippen LogP contribution in [-0.4, -0.2) is 45.6 Å². The molecule has 0 aliphatic carbocycles. The molecule has 6 nitrogen and oxygen atoms in total. The van der Waals surface area contributed by atoms with Gasteiger partial charge in [0.05, 0.1) is 17.3 Å². The number of hydrogen-bond acceptors (Lipinski definition) is 4. The molecule has 1 aromatic rings. The summed E-state index contributed by atoms with van der Waals surface area (Å²) in [5.41, 5.74) is 0. The SMILES string of the molecule is O=P(NCCCl)(NCCCl)OCCS(=O)(=O)c1ccccc1. The minimum absolute atomic E-state index is 0.205. The van der Waals surface area contributed by atoms with Crippen LogP contribution in [0.25, 0.3) is 0 Å². The quantitative estimate of drug-likeness (QED) is 0.446. The maximum Gasteiger partial charge on any atom is 0.340 e. The first-order valence-electron chi connectivity index (χ1n) is 6.58. The summed E-state index contributed by atoms with van der Waals surface area (Å²) in [4.78, 5) is 0.205. The number of alkyl halides is 2. The van der Waals surface area contributed by atoms with E-state index in [1.165, 1.54) is 12.1 Å². The molecule has 126 valence electrons. The Morgan fingerprint density at radius 3 is 2.09 bits per heavy atom. The third-order valence-electron chi connectivity index (χ3n) is 2.56. The maximum absolute atomic E-state index is 12.4. The molecule has 0 fully saturated rings. The molecule has 0 aromatic heterocycles. The van der Waals surface area contributed by atoms with Crippen molar-refractivity contribution in [1.29, 1.82) is 0 Å². The van der Waals surface area contributed by atoms with Crippen molar-refractivity contribution in [2.75, 3.05) is 37.2 Å². The van der Waals surface area contributed by atoms with Crippen molar-refractivity contribution in [3.8, 4) is 0 Å². The van der Waals surface area contributed by atoms with Crippen molar-refractivity contribution >= 4 is 40.7 Å². The van der Waals surface area contributed by atoms with Gasteiger partial charge in [0.2, 0.25) is 0 Å². The van der Waals surface area contributed by atoms with Crippen LogP contribution >= 0.6 is 30.9 Å². The van der Waals surface area contributed by atoms with Gasteiger partial charge in [-0.1, -0.05) is 18.2 Å². The summed E-state index contributed by atoms with van der Waals surface area (Å²) in [6.45, 7) is 0.318. The van der Waals surface area contributed by atoms with E-state index in [9.17, 15) is 13.0 Å². The molecule has 0 heterocycles. The molecule has 0 atom stereocenters. The lowest BCUT2D eigenvalue weighted by atomic mass is 10.4. The van der Waals surface area contributed by atoms with Crippen molar-refractivity contribution in [2.45, 2.75) is 4.90 Å². The second kappa shape index (κ2) is 9.88. The van der Waals surface area contributed by atoms with Crippen LogP contribution in [0.2, 0.25) is 0 Å². The molecule has 0 radical (unpaired) electrons. The molecule has 10 heteroatoms. The largest absolute Gasteiger partial charge is 0.340 e. The average Bonchev–Trinajstić information content (AvgIpc) is 2.52. The zero-order valence-corrected chi connectivity index (χ0v) is 15.1. The molecule has 1 rings (SSSR count). The van der Waals surface area contributed by atoms with Gasteiger partial charge in [-0.15, -0.1) is 23.2 Å². The highest BCUT2D eigenvalue weighted by atomic mass is 35.5. The van der Waals surface area contributed by atoms with E-state index in [-0.39, 0.29) is 42.1 Å². The van der Waals surface area contributed by atoms with Crippen LogP contribution in [-0.2, 0) is 18.9 Å². The van der Waals surface area contributed by atoms with E-state index in [1.54, 1.807) is 18.2 Å². The Balaban J connectivity index is 2.60. The molecular formula is C12H19Cl2N2O4PS. The number of rotatable bonds is 11. The number of sulfone groups is 1. The standard InChI is InChI=1S/C12H19Cl2N2O4PS/c13-6-8-15-21(17,16-9-7-14)20-10-11-22(18,19)12-4-2-1-3-5-12/h1-5H,6-11H2,(H2,15,16,17). The summed E-state index contributed by atoms with van der Waals surface area (Å²) in [5.74, 6) is 0.225. The van der Waals surface area contributed by atoms with Crippen LogP contribution in [0, 0.1) is 0 Å². The fourth-order valence-corrected chi connectivity index (χ4v) is 4.69. The van der Waals surface area contributed by atoms with Gasteiger partial charge in [0.25, 0.3) is 0 Å². The highest BCUT2D eigenvalue weighted by molar-refractivity contribution is 7.91. The van der Waals surface area contributed by atoms with E-state index < -0.39 is 17.5 Å².